The van der Waals surface area contributed by atoms with Crippen molar-refractivity contribution in [2.45, 2.75) is 46.1 Å². The Morgan fingerprint density at radius 3 is 2.47 bits per heavy atom. The number of aliphatic hydroxyl groups excluding tert-OH is 1. The molecule has 0 atom stereocenters. The van der Waals surface area contributed by atoms with Gasteiger partial charge in [0.15, 0.2) is 0 Å². The van der Waals surface area contributed by atoms with Crippen molar-refractivity contribution in [2.75, 3.05) is 0 Å². The lowest BCUT2D eigenvalue weighted by Gasteiger charge is -2.07. The number of aromatic nitrogens is 3. The van der Waals surface area contributed by atoms with E-state index in [-0.39, 0.29) is 6.61 Å². The number of hydrogen-bond donors (Lipinski definition) is 1. The average Bonchev–Trinajstić information content (AvgIpc) is 2.88. The topological polar surface area (TPSA) is 50.9 Å². The number of aliphatic hydroxyl groups is 1. The summed E-state index contributed by atoms with van der Waals surface area (Å²) in [6, 6.07) is 8.34. The predicted octanol–water partition coefficient (Wildman–Crippen LogP) is 2.66. The fourth-order valence-electron chi connectivity index (χ4n) is 2.13. The van der Waals surface area contributed by atoms with Crippen LogP contribution in [0.5, 0.6) is 0 Å². The van der Waals surface area contributed by atoms with Crippen molar-refractivity contribution < 1.29 is 5.11 Å². The number of aryl methyl sites for hydroxylation is 1. The summed E-state index contributed by atoms with van der Waals surface area (Å²) in [6.45, 7) is 4.25. The third kappa shape index (κ3) is 3.01. The molecule has 0 fully saturated rings. The standard InChI is InChI=1S/C15H21N3O/c1-3-5-6-15-14(11-19)16-17-18(15)13-9-7-12(4-2)8-10-13/h7-10,19H,3-6,11H2,1-2H3. The Hall–Kier alpha value is -1.68. The van der Waals surface area contributed by atoms with Crippen LogP contribution in [0, 0.1) is 0 Å². The molecule has 0 saturated heterocycles. The molecule has 19 heavy (non-hydrogen) atoms. The monoisotopic (exact) mass is 259 g/mol. The lowest BCUT2D eigenvalue weighted by atomic mass is 10.1. The van der Waals surface area contributed by atoms with Gasteiger partial charge in [0.25, 0.3) is 0 Å². The summed E-state index contributed by atoms with van der Waals surface area (Å²) < 4.78 is 1.85. The van der Waals surface area contributed by atoms with Gasteiger partial charge in [0.05, 0.1) is 18.0 Å². The van der Waals surface area contributed by atoms with Crippen LogP contribution in [0.15, 0.2) is 24.3 Å². The molecule has 2 rings (SSSR count). The Kier molecular flexibility index (Phi) is 4.68. The number of rotatable bonds is 6. The average molecular weight is 259 g/mol. The van der Waals surface area contributed by atoms with Crippen molar-refractivity contribution in [3.8, 4) is 5.69 Å². The number of nitrogens with zero attached hydrogens (tertiary/aromatic N) is 3. The van der Waals surface area contributed by atoms with Crippen LogP contribution in [0.4, 0.5) is 0 Å². The molecule has 0 radical (unpaired) electrons. The van der Waals surface area contributed by atoms with Gasteiger partial charge < -0.3 is 5.11 Å². The molecule has 2 aromatic rings. The van der Waals surface area contributed by atoms with Crippen LogP contribution in [0.2, 0.25) is 0 Å². The molecule has 1 heterocycles. The van der Waals surface area contributed by atoms with Gasteiger partial charge in [-0.05, 0) is 37.0 Å². The van der Waals surface area contributed by atoms with Gasteiger partial charge in [-0.25, -0.2) is 4.68 Å². The molecule has 0 unspecified atom stereocenters. The Morgan fingerprint density at radius 2 is 1.89 bits per heavy atom. The van der Waals surface area contributed by atoms with Crippen LogP contribution in [0.1, 0.15) is 43.6 Å². The SMILES string of the molecule is CCCCc1c(CO)nnn1-c1ccc(CC)cc1. The van der Waals surface area contributed by atoms with E-state index in [1.54, 1.807) is 0 Å². The summed E-state index contributed by atoms with van der Waals surface area (Å²) in [5, 5.41) is 17.6. The Balaban J connectivity index is 2.34. The highest BCUT2D eigenvalue weighted by atomic mass is 16.3. The molecule has 1 N–H and O–H groups in total. The van der Waals surface area contributed by atoms with Crippen LogP contribution >= 0.6 is 0 Å². The molecule has 4 nitrogen and oxygen atoms in total. The number of unbranched alkanes of at least 4 members (excludes halogenated alkanes) is 1. The first-order chi connectivity index (χ1) is 9.30. The number of benzene rings is 1. The van der Waals surface area contributed by atoms with E-state index in [0.717, 1.165) is 37.1 Å². The van der Waals surface area contributed by atoms with Crippen molar-refractivity contribution in [2.24, 2.45) is 0 Å². The first-order valence-electron chi connectivity index (χ1n) is 6.93. The molecule has 0 saturated carbocycles. The van der Waals surface area contributed by atoms with Gasteiger partial charge in [0.1, 0.15) is 5.69 Å². The molecule has 0 bridgehead atoms. The lowest BCUT2D eigenvalue weighted by molar-refractivity contribution is 0.275. The summed E-state index contributed by atoms with van der Waals surface area (Å²) in [6.07, 6.45) is 4.12. The van der Waals surface area contributed by atoms with E-state index >= 15 is 0 Å². The van der Waals surface area contributed by atoms with Crippen LogP contribution in [-0.2, 0) is 19.4 Å². The summed E-state index contributed by atoms with van der Waals surface area (Å²) in [7, 11) is 0. The molecule has 1 aromatic heterocycles. The zero-order valence-corrected chi connectivity index (χ0v) is 11.6. The third-order valence-electron chi connectivity index (χ3n) is 3.35. The zero-order valence-electron chi connectivity index (χ0n) is 11.6. The first-order valence-corrected chi connectivity index (χ1v) is 6.93. The molecule has 0 amide bonds. The zero-order chi connectivity index (χ0) is 13.7. The molecule has 0 aliphatic heterocycles. The minimum atomic E-state index is -0.0495. The van der Waals surface area contributed by atoms with E-state index in [1.165, 1.54) is 5.56 Å². The van der Waals surface area contributed by atoms with Gasteiger partial charge in [-0.2, -0.15) is 0 Å². The quantitative estimate of drug-likeness (QED) is 0.867. The van der Waals surface area contributed by atoms with Crippen LogP contribution in [0.25, 0.3) is 5.69 Å². The van der Waals surface area contributed by atoms with Crippen molar-refractivity contribution in [3.63, 3.8) is 0 Å². The normalized spacial score (nSPS) is 10.9. The highest BCUT2D eigenvalue weighted by Gasteiger charge is 2.12. The molecule has 0 spiro atoms. The van der Waals surface area contributed by atoms with Crippen molar-refractivity contribution in [3.05, 3.63) is 41.2 Å². The second kappa shape index (κ2) is 6.48. The van der Waals surface area contributed by atoms with Gasteiger partial charge in [0.2, 0.25) is 0 Å². The van der Waals surface area contributed by atoms with Crippen LogP contribution in [0.3, 0.4) is 0 Å². The number of hydrogen-bond acceptors (Lipinski definition) is 3. The second-order valence-corrected chi connectivity index (χ2v) is 4.68. The van der Waals surface area contributed by atoms with Crippen LogP contribution in [-0.4, -0.2) is 20.1 Å². The minimum Gasteiger partial charge on any atom is -0.390 e. The summed E-state index contributed by atoms with van der Waals surface area (Å²) >= 11 is 0. The Labute approximate surface area is 114 Å². The summed E-state index contributed by atoms with van der Waals surface area (Å²) in [5.74, 6) is 0. The molecule has 4 heteroatoms. The van der Waals surface area contributed by atoms with E-state index < -0.39 is 0 Å². The molecular formula is C15H21N3O. The summed E-state index contributed by atoms with van der Waals surface area (Å²) in [4.78, 5) is 0. The van der Waals surface area contributed by atoms with Gasteiger partial charge in [-0.15, -0.1) is 5.10 Å². The van der Waals surface area contributed by atoms with Crippen LogP contribution < -0.4 is 0 Å². The highest BCUT2D eigenvalue weighted by molar-refractivity contribution is 5.36. The van der Waals surface area contributed by atoms with Crippen molar-refractivity contribution in [1.29, 1.82) is 0 Å². The lowest BCUT2D eigenvalue weighted by Crippen LogP contribution is -2.04. The van der Waals surface area contributed by atoms with Gasteiger partial charge >= 0.3 is 0 Å². The fourth-order valence-corrected chi connectivity index (χ4v) is 2.13. The van der Waals surface area contributed by atoms with Gasteiger partial charge in [0, 0.05) is 0 Å². The molecule has 1 aromatic carbocycles. The maximum Gasteiger partial charge on any atom is 0.112 e. The van der Waals surface area contributed by atoms with E-state index in [2.05, 4.69) is 48.4 Å². The predicted molar refractivity (Wildman–Crippen MR) is 75.3 cm³/mol. The smallest absolute Gasteiger partial charge is 0.112 e. The molecule has 0 aliphatic rings. The van der Waals surface area contributed by atoms with E-state index in [9.17, 15) is 5.11 Å². The maximum atomic E-state index is 9.34. The molecular weight excluding hydrogens is 238 g/mol. The van der Waals surface area contributed by atoms with Crippen molar-refractivity contribution >= 4 is 0 Å². The molecule has 0 aliphatic carbocycles. The van der Waals surface area contributed by atoms with Gasteiger partial charge in [-0.3, -0.25) is 0 Å². The fraction of sp³-hybridized carbons (Fsp3) is 0.467. The highest BCUT2D eigenvalue weighted by Crippen LogP contribution is 2.16. The second-order valence-electron chi connectivity index (χ2n) is 4.68. The third-order valence-corrected chi connectivity index (χ3v) is 3.35. The maximum absolute atomic E-state index is 9.34. The summed E-state index contributed by atoms with van der Waals surface area (Å²) in [5.41, 5.74) is 4.03. The Morgan fingerprint density at radius 1 is 1.16 bits per heavy atom. The largest absolute Gasteiger partial charge is 0.390 e. The van der Waals surface area contributed by atoms with E-state index in [1.807, 2.05) is 4.68 Å². The Bertz CT molecular complexity index is 517. The minimum absolute atomic E-state index is 0.0495. The molecule has 102 valence electrons. The van der Waals surface area contributed by atoms with E-state index in [4.69, 9.17) is 0 Å². The van der Waals surface area contributed by atoms with Gasteiger partial charge in [-0.1, -0.05) is 37.6 Å². The van der Waals surface area contributed by atoms with Crippen molar-refractivity contribution in [1.82, 2.24) is 15.0 Å². The van der Waals surface area contributed by atoms with E-state index in [0.29, 0.717) is 5.69 Å². The first kappa shape index (κ1) is 13.7.